The molecule has 2 aromatic carbocycles. The third-order valence-electron chi connectivity index (χ3n) is 6.18. The van der Waals surface area contributed by atoms with Crippen molar-refractivity contribution < 1.29 is 5.11 Å². The molecule has 0 spiro atoms. The highest BCUT2D eigenvalue weighted by Crippen LogP contribution is 2.25. The first-order chi connectivity index (χ1) is 13.5. The van der Waals surface area contributed by atoms with E-state index in [0.29, 0.717) is 6.54 Å². The van der Waals surface area contributed by atoms with Gasteiger partial charge in [-0.3, -0.25) is 4.90 Å². The number of fused-ring (bicyclic) bond motifs is 1. The lowest BCUT2D eigenvalue weighted by Gasteiger charge is -2.37. The minimum absolute atomic E-state index is 0.361. The van der Waals surface area contributed by atoms with Gasteiger partial charge < -0.3 is 14.6 Å². The molecule has 1 saturated heterocycles. The molecule has 1 fully saturated rings. The van der Waals surface area contributed by atoms with Crippen LogP contribution in [-0.4, -0.2) is 53.4 Å². The number of para-hydroxylation sites is 1. The van der Waals surface area contributed by atoms with Crippen LogP contribution >= 0.6 is 0 Å². The molecule has 148 valence electrons. The number of piperazine rings is 1. The summed E-state index contributed by atoms with van der Waals surface area (Å²) in [5.74, 6) is 0. The Bertz CT molecular complexity index is 936. The van der Waals surface area contributed by atoms with Gasteiger partial charge in [-0.2, -0.15) is 0 Å². The first kappa shape index (κ1) is 19.0. The van der Waals surface area contributed by atoms with Gasteiger partial charge in [0.25, 0.3) is 0 Å². The number of rotatable bonds is 5. The van der Waals surface area contributed by atoms with Crippen LogP contribution in [0.15, 0.2) is 48.5 Å². The van der Waals surface area contributed by atoms with Crippen molar-refractivity contribution in [2.75, 3.05) is 37.6 Å². The Morgan fingerprint density at radius 1 is 0.857 bits per heavy atom. The van der Waals surface area contributed by atoms with Crippen molar-refractivity contribution in [1.29, 1.82) is 0 Å². The maximum absolute atomic E-state index is 10.8. The second-order valence-electron chi connectivity index (χ2n) is 8.12. The van der Waals surface area contributed by atoms with E-state index in [9.17, 15) is 5.11 Å². The number of benzene rings is 2. The quantitative estimate of drug-likeness (QED) is 0.735. The largest absolute Gasteiger partial charge is 0.390 e. The maximum atomic E-state index is 10.8. The monoisotopic (exact) mass is 377 g/mol. The van der Waals surface area contributed by atoms with Crippen molar-refractivity contribution >= 4 is 16.6 Å². The molecule has 28 heavy (non-hydrogen) atoms. The smallest absolute Gasteiger partial charge is 0.0845 e. The molecule has 4 nitrogen and oxygen atoms in total. The molecule has 2 heterocycles. The first-order valence-electron chi connectivity index (χ1n) is 10.3. The van der Waals surface area contributed by atoms with Crippen LogP contribution in [0.2, 0.25) is 0 Å². The van der Waals surface area contributed by atoms with Crippen molar-refractivity contribution in [3.8, 4) is 0 Å². The predicted molar refractivity (Wildman–Crippen MR) is 117 cm³/mol. The Labute approximate surface area is 168 Å². The summed E-state index contributed by atoms with van der Waals surface area (Å²) in [4.78, 5) is 4.83. The molecule has 1 aliphatic heterocycles. The summed E-state index contributed by atoms with van der Waals surface area (Å²) in [7, 11) is 0. The molecule has 4 rings (SSSR count). The van der Waals surface area contributed by atoms with Crippen molar-refractivity contribution in [2.24, 2.45) is 0 Å². The van der Waals surface area contributed by atoms with Crippen LogP contribution in [-0.2, 0) is 6.54 Å². The Hall–Kier alpha value is -2.30. The van der Waals surface area contributed by atoms with Gasteiger partial charge in [-0.1, -0.05) is 35.9 Å². The average Bonchev–Trinajstić information content (AvgIpc) is 2.94. The van der Waals surface area contributed by atoms with Gasteiger partial charge in [0, 0.05) is 55.0 Å². The Morgan fingerprint density at radius 2 is 1.54 bits per heavy atom. The summed E-state index contributed by atoms with van der Waals surface area (Å²) in [5, 5.41) is 12.1. The van der Waals surface area contributed by atoms with Crippen LogP contribution in [0.25, 0.3) is 10.9 Å². The van der Waals surface area contributed by atoms with Crippen LogP contribution in [0.1, 0.15) is 16.8 Å². The van der Waals surface area contributed by atoms with E-state index >= 15 is 0 Å². The number of nitrogens with zero attached hydrogens (tertiary/aromatic N) is 3. The normalized spacial score (nSPS) is 16.6. The molecular formula is C24H31N3O. The third-order valence-corrected chi connectivity index (χ3v) is 6.18. The van der Waals surface area contributed by atoms with E-state index in [-0.39, 0.29) is 6.10 Å². The second-order valence-corrected chi connectivity index (χ2v) is 8.12. The molecule has 0 bridgehead atoms. The molecule has 1 atom stereocenters. The molecule has 0 saturated carbocycles. The number of aryl methyl sites for hydroxylation is 2. The fraction of sp³-hybridized carbons (Fsp3) is 0.417. The molecule has 1 aliphatic rings. The number of aliphatic hydroxyl groups excluding tert-OH is 1. The van der Waals surface area contributed by atoms with E-state index < -0.39 is 0 Å². The van der Waals surface area contributed by atoms with E-state index in [1.807, 2.05) is 0 Å². The number of anilines is 1. The molecule has 4 heteroatoms. The Balaban J connectivity index is 1.36. The van der Waals surface area contributed by atoms with Crippen molar-refractivity contribution in [3.63, 3.8) is 0 Å². The predicted octanol–water partition coefficient (Wildman–Crippen LogP) is 3.75. The molecule has 0 amide bonds. The average molecular weight is 378 g/mol. The molecule has 3 aromatic rings. The third kappa shape index (κ3) is 3.80. The van der Waals surface area contributed by atoms with Gasteiger partial charge in [-0.15, -0.1) is 0 Å². The Morgan fingerprint density at radius 3 is 2.25 bits per heavy atom. The van der Waals surface area contributed by atoms with Crippen LogP contribution in [0, 0.1) is 20.8 Å². The lowest BCUT2D eigenvalue weighted by Crippen LogP contribution is -2.49. The van der Waals surface area contributed by atoms with E-state index in [1.54, 1.807) is 0 Å². The molecular weight excluding hydrogens is 346 g/mol. The minimum atomic E-state index is -0.361. The Kier molecular flexibility index (Phi) is 5.42. The molecule has 1 N–H and O–H groups in total. The first-order valence-corrected chi connectivity index (χ1v) is 10.3. The molecule has 1 aromatic heterocycles. The zero-order valence-corrected chi connectivity index (χ0v) is 17.2. The SMILES string of the molecule is Cc1ccc(N2CCN(C[C@@H](O)Cn3c(C)c(C)c4ccccc43)CC2)cc1. The van der Waals surface area contributed by atoms with Crippen molar-refractivity contribution in [2.45, 2.75) is 33.4 Å². The zero-order chi connectivity index (χ0) is 19.7. The van der Waals surface area contributed by atoms with Crippen LogP contribution < -0.4 is 4.90 Å². The highest BCUT2D eigenvalue weighted by atomic mass is 16.3. The zero-order valence-electron chi connectivity index (χ0n) is 17.2. The fourth-order valence-electron chi connectivity index (χ4n) is 4.35. The standard InChI is InChI=1S/C24H31N3O/c1-18-8-10-21(11-9-18)26-14-12-25(13-15-26)16-22(28)17-27-20(3)19(2)23-6-4-5-7-24(23)27/h4-11,22,28H,12-17H2,1-3H3/t22-/m1/s1. The summed E-state index contributed by atoms with van der Waals surface area (Å²) in [5.41, 5.74) is 6.39. The number of hydrogen-bond donors (Lipinski definition) is 1. The highest BCUT2D eigenvalue weighted by Gasteiger charge is 2.21. The summed E-state index contributed by atoms with van der Waals surface area (Å²) in [6.45, 7) is 11.9. The fourth-order valence-corrected chi connectivity index (χ4v) is 4.35. The topological polar surface area (TPSA) is 31.6 Å². The number of aliphatic hydroxyl groups is 1. The van der Waals surface area contributed by atoms with Gasteiger partial charge >= 0.3 is 0 Å². The van der Waals surface area contributed by atoms with Crippen molar-refractivity contribution in [3.05, 3.63) is 65.4 Å². The second kappa shape index (κ2) is 7.98. The van der Waals surface area contributed by atoms with Gasteiger partial charge in [0.2, 0.25) is 0 Å². The van der Waals surface area contributed by atoms with E-state index in [2.05, 4.69) is 83.7 Å². The van der Waals surface area contributed by atoms with Gasteiger partial charge in [-0.25, -0.2) is 0 Å². The highest BCUT2D eigenvalue weighted by molar-refractivity contribution is 5.85. The number of hydrogen-bond acceptors (Lipinski definition) is 3. The summed E-state index contributed by atoms with van der Waals surface area (Å²) in [6, 6.07) is 17.3. The van der Waals surface area contributed by atoms with Crippen molar-refractivity contribution in [1.82, 2.24) is 9.47 Å². The van der Waals surface area contributed by atoms with Crippen LogP contribution in [0.3, 0.4) is 0 Å². The van der Waals surface area contributed by atoms with Gasteiger partial charge in [0.05, 0.1) is 12.6 Å². The maximum Gasteiger partial charge on any atom is 0.0845 e. The molecule has 0 unspecified atom stereocenters. The number of β-amino-alcohol motifs (C(OH)–C–C–N with tert-alkyl or cyclic N) is 1. The van der Waals surface area contributed by atoms with Gasteiger partial charge in [0.15, 0.2) is 0 Å². The molecule has 0 aliphatic carbocycles. The lowest BCUT2D eigenvalue weighted by atomic mass is 10.2. The van der Waals surface area contributed by atoms with E-state index in [1.165, 1.54) is 33.4 Å². The lowest BCUT2D eigenvalue weighted by molar-refractivity contribution is 0.0956. The summed E-state index contributed by atoms with van der Waals surface area (Å²) >= 11 is 0. The van der Waals surface area contributed by atoms with Crippen LogP contribution in [0.4, 0.5) is 5.69 Å². The van der Waals surface area contributed by atoms with Gasteiger partial charge in [0.1, 0.15) is 0 Å². The van der Waals surface area contributed by atoms with E-state index in [0.717, 1.165) is 32.7 Å². The number of aromatic nitrogens is 1. The van der Waals surface area contributed by atoms with E-state index in [4.69, 9.17) is 0 Å². The summed E-state index contributed by atoms with van der Waals surface area (Å²) < 4.78 is 2.28. The minimum Gasteiger partial charge on any atom is -0.390 e. The molecule has 0 radical (unpaired) electrons. The van der Waals surface area contributed by atoms with Gasteiger partial charge in [-0.05, 0) is 44.5 Å². The van der Waals surface area contributed by atoms with Crippen LogP contribution in [0.5, 0.6) is 0 Å². The summed E-state index contributed by atoms with van der Waals surface area (Å²) in [6.07, 6.45) is -0.361.